The Hall–Kier alpha value is -2.00. The Morgan fingerprint density at radius 1 is 1.03 bits per heavy atom. The van der Waals surface area contributed by atoms with Crippen LogP contribution in [0.5, 0.6) is 0 Å². The van der Waals surface area contributed by atoms with Gasteiger partial charge in [0.1, 0.15) is 6.54 Å². The van der Waals surface area contributed by atoms with Crippen LogP contribution in [-0.4, -0.2) is 27.1 Å². The molecule has 5 nitrogen and oxygen atoms in total. The normalized spacial score (nSPS) is 11.2. The van der Waals surface area contributed by atoms with E-state index < -0.39 is 15.9 Å². The van der Waals surface area contributed by atoms with Gasteiger partial charge >= 0.3 is 0 Å². The van der Waals surface area contributed by atoms with Gasteiger partial charge in [-0.2, -0.15) is 0 Å². The predicted octanol–water partition coefficient (Wildman–Crippen LogP) is 5.80. The number of nitrogens with one attached hydrogen (secondary N) is 1. The Balaban J connectivity index is 1.72. The van der Waals surface area contributed by atoms with E-state index in [2.05, 4.69) is 21.2 Å². The molecule has 0 radical (unpaired) electrons. The smallest absolute Gasteiger partial charge is 0.245 e. The summed E-state index contributed by atoms with van der Waals surface area (Å²) in [5.74, 6) is 0.284. The average Bonchev–Trinajstić information content (AvgIpc) is 2.72. The molecule has 9 heteroatoms. The van der Waals surface area contributed by atoms with Crippen LogP contribution in [-0.2, 0) is 20.6 Å². The zero-order valence-corrected chi connectivity index (χ0v) is 20.6. The third-order valence-electron chi connectivity index (χ3n) is 4.27. The van der Waals surface area contributed by atoms with Gasteiger partial charge in [0.05, 0.1) is 17.6 Å². The van der Waals surface area contributed by atoms with Crippen LogP contribution in [0.1, 0.15) is 5.56 Å². The van der Waals surface area contributed by atoms with Crippen molar-refractivity contribution in [3.8, 4) is 0 Å². The van der Waals surface area contributed by atoms with Crippen LogP contribution in [0.4, 0.5) is 11.4 Å². The molecular weight excluding hydrogens is 520 g/mol. The number of rotatable bonds is 8. The summed E-state index contributed by atoms with van der Waals surface area (Å²) in [4.78, 5) is 13.6. The van der Waals surface area contributed by atoms with Crippen LogP contribution in [0.15, 0.2) is 82.2 Å². The molecule has 0 saturated carbocycles. The molecule has 0 saturated heterocycles. The molecule has 0 aromatic heterocycles. The van der Waals surface area contributed by atoms with E-state index in [9.17, 15) is 13.2 Å². The Bertz CT molecular complexity index is 1150. The van der Waals surface area contributed by atoms with E-state index in [0.717, 1.165) is 25.5 Å². The van der Waals surface area contributed by atoms with E-state index in [0.29, 0.717) is 22.2 Å². The van der Waals surface area contributed by atoms with Gasteiger partial charge in [-0.25, -0.2) is 8.42 Å². The van der Waals surface area contributed by atoms with E-state index in [1.165, 1.54) is 0 Å². The number of amides is 1. The number of carbonyl (C=O) groups is 1. The molecule has 1 N–H and O–H groups in total. The highest BCUT2D eigenvalue weighted by Crippen LogP contribution is 2.30. The Kier molecular flexibility index (Phi) is 8.05. The van der Waals surface area contributed by atoms with Crippen molar-refractivity contribution in [1.82, 2.24) is 0 Å². The topological polar surface area (TPSA) is 66.5 Å². The fraction of sp³-hybridized carbons (Fsp3) is 0.136. The lowest BCUT2D eigenvalue weighted by atomic mass is 10.2. The van der Waals surface area contributed by atoms with Gasteiger partial charge in [0.25, 0.3) is 0 Å². The van der Waals surface area contributed by atoms with Gasteiger partial charge < -0.3 is 5.32 Å². The average molecular weight is 540 g/mol. The first-order valence-corrected chi connectivity index (χ1v) is 13.2. The maximum atomic E-state index is 12.7. The lowest BCUT2D eigenvalue weighted by Gasteiger charge is -2.22. The van der Waals surface area contributed by atoms with E-state index >= 15 is 0 Å². The molecule has 0 spiro atoms. The highest BCUT2D eigenvalue weighted by molar-refractivity contribution is 9.10. The molecule has 3 rings (SSSR count). The molecule has 3 aromatic rings. The summed E-state index contributed by atoms with van der Waals surface area (Å²) in [5.41, 5.74) is 2.16. The Morgan fingerprint density at radius 3 is 2.32 bits per heavy atom. The Labute approximate surface area is 200 Å². The minimum absolute atomic E-state index is 0.323. The second-order valence-electron chi connectivity index (χ2n) is 6.71. The van der Waals surface area contributed by atoms with Gasteiger partial charge in [0.15, 0.2) is 0 Å². The zero-order valence-electron chi connectivity index (χ0n) is 16.6. The number of benzene rings is 3. The van der Waals surface area contributed by atoms with E-state index in [1.807, 2.05) is 42.5 Å². The molecular formula is C22H20BrClN2O3S2. The highest BCUT2D eigenvalue weighted by atomic mass is 79.9. The number of anilines is 2. The third kappa shape index (κ3) is 7.00. The minimum atomic E-state index is -3.64. The third-order valence-corrected chi connectivity index (χ3v) is 7.34. The van der Waals surface area contributed by atoms with E-state index in [4.69, 9.17) is 11.6 Å². The van der Waals surface area contributed by atoms with Gasteiger partial charge in [-0.15, -0.1) is 11.8 Å². The summed E-state index contributed by atoms with van der Waals surface area (Å²) in [7, 11) is -3.64. The largest absolute Gasteiger partial charge is 0.323 e. The van der Waals surface area contributed by atoms with Gasteiger partial charge in [-0.1, -0.05) is 51.8 Å². The molecule has 0 heterocycles. The van der Waals surface area contributed by atoms with Crippen LogP contribution >= 0.6 is 39.3 Å². The van der Waals surface area contributed by atoms with Crippen LogP contribution < -0.4 is 9.62 Å². The van der Waals surface area contributed by atoms with Crippen LogP contribution in [0.25, 0.3) is 0 Å². The summed E-state index contributed by atoms with van der Waals surface area (Å²) in [5, 5.41) is 3.53. The zero-order chi connectivity index (χ0) is 22.4. The van der Waals surface area contributed by atoms with Crippen molar-refractivity contribution in [3.63, 3.8) is 0 Å². The fourth-order valence-corrected chi connectivity index (χ4v) is 4.98. The summed E-state index contributed by atoms with van der Waals surface area (Å²) in [6.45, 7) is -0.323. The van der Waals surface area contributed by atoms with Crippen LogP contribution in [0, 0.1) is 0 Å². The van der Waals surface area contributed by atoms with E-state index in [1.54, 1.807) is 42.1 Å². The standard InChI is InChI=1S/C22H20BrClN2O3S2/c1-31(28,29)26(19-12-8-17(23)9-13-19)14-22(27)25-20-4-2-3-5-21(20)30-15-16-6-10-18(24)11-7-16/h2-13H,14-15H2,1H3,(H,25,27). The van der Waals surface area contributed by atoms with Gasteiger partial charge in [0, 0.05) is 20.1 Å². The molecule has 0 bridgehead atoms. The lowest BCUT2D eigenvalue weighted by Crippen LogP contribution is -2.37. The van der Waals surface area contributed by atoms with Crippen molar-refractivity contribution in [3.05, 3.63) is 87.9 Å². The summed E-state index contributed by atoms with van der Waals surface area (Å²) in [6, 6.07) is 21.8. The minimum Gasteiger partial charge on any atom is -0.323 e. The summed E-state index contributed by atoms with van der Waals surface area (Å²) < 4.78 is 26.5. The SMILES string of the molecule is CS(=O)(=O)N(CC(=O)Nc1ccccc1SCc1ccc(Cl)cc1)c1ccc(Br)cc1. The predicted molar refractivity (Wildman–Crippen MR) is 132 cm³/mol. The molecule has 31 heavy (non-hydrogen) atoms. The first-order chi connectivity index (χ1) is 14.7. The Morgan fingerprint density at radius 2 is 1.68 bits per heavy atom. The van der Waals surface area contributed by atoms with E-state index in [-0.39, 0.29) is 6.54 Å². The number of hydrogen-bond acceptors (Lipinski definition) is 4. The number of halogens is 2. The fourth-order valence-electron chi connectivity index (χ4n) is 2.77. The first kappa shape index (κ1) is 23.7. The molecule has 0 aliphatic carbocycles. The molecule has 3 aromatic carbocycles. The number of thioether (sulfide) groups is 1. The highest BCUT2D eigenvalue weighted by Gasteiger charge is 2.21. The maximum Gasteiger partial charge on any atom is 0.245 e. The van der Waals surface area contributed by atoms with Crippen molar-refractivity contribution in [2.24, 2.45) is 0 Å². The molecule has 0 unspecified atom stereocenters. The second kappa shape index (κ2) is 10.5. The molecule has 0 aliphatic rings. The monoisotopic (exact) mass is 538 g/mol. The maximum absolute atomic E-state index is 12.7. The van der Waals surface area contributed by atoms with Crippen molar-refractivity contribution in [2.45, 2.75) is 10.6 Å². The number of carbonyl (C=O) groups excluding carboxylic acids is 1. The number of hydrogen-bond donors (Lipinski definition) is 1. The molecule has 0 aliphatic heterocycles. The van der Waals surface area contributed by atoms with Crippen molar-refractivity contribution >= 4 is 66.6 Å². The number of sulfonamides is 1. The quantitative estimate of drug-likeness (QED) is 0.368. The van der Waals surface area contributed by atoms with Crippen LogP contribution in [0.3, 0.4) is 0 Å². The lowest BCUT2D eigenvalue weighted by molar-refractivity contribution is -0.114. The van der Waals surface area contributed by atoms with Crippen molar-refractivity contribution < 1.29 is 13.2 Å². The first-order valence-electron chi connectivity index (χ1n) is 9.22. The molecule has 162 valence electrons. The molecule has 1 amide bonds. The number of para-hydroxylation sites is 1. The van der Waals surface area contributed by atoms with Crippen molar-refractivity contribution in [1.29, 1.82) is 0 Å². The molecule has 0 fully saturated rings. The summed E-state index contributed by atoms with van der Waals surface area (Å²) in [6.07, 6.45) is 1.08. The van der Waals surface area contributed by atoms with Gasteiger partial charge in [-0.3, -0.25) is 9.10 Å². The van der Waals surface area contributed by atoms with Gasteiger partial charge in [-0.05, 0) is 54.1 Å². The molecule has 0 atom stereocenters. The van der Waals surface area contributed by atoms with Gasteiger partial charge in [0.2, 0.25) is 15.9 Å². The van der Waals surface area contributed by atoms with Crippen molar-refractivity contribution in [2.75, 3.05) is 22.4 Å². The summed E-state index contributed by atoms with van der Waals surface area (Å²) >= 11 is 10.8. The number of nitrogens with zero attached hydrogens (tertiary/aromatic N) is 1. The second-order valence-corrected chi connectivity index (χ2v) is 11.0. The van der Waals surface area contributed by atoms with Crippen LogP contribution in [0.2, 0.25) is 5.02 Å².